The van der Waals surface area contributed by atoms with Crippen molar-refractivity contribution in [2.75, 3.05) is 0 Å². The first-order chi connectivity index (χ1) is 12.0. The van der Waals surface area contributed by atoms with Crippen LogP contribution in [0.25, 0.3) is 0 Å². The van der Waals surface area contributed by atoms with Crippen LogP contribution in [0, 0.1) is 6.92 Å². The predicted octanol–water partition coefficient (Wildman–Crippen LogP) is 2.11. The SMILES string of the molecule is Cc1cccc(C(=O)N[C@H]2CCCC[C@H]3CC[C@@H](C(=O)O)N3C2=O)c1. The number of rotatable bonds is 3. The maximum atomic E-state index is 13.0. The molecule has 0 bridgehead atoms. The summed E-state index contributed by atoms with van der Waals surface area (Å²) in [5, 5.41) is 12.3. The number of fused-ring (bicyclic) bond motifs is 1. The maximum Gasteiger partial charge on any atom is 0.326 e. The quantitative estimate of drug-likeness (QED) is 0.879. The molecule has 0 aromatic heterocycles. The summed E-state index contributed by atoms with van der Waals surface area (Å²) < 4.78 is 0. The Labute approximate surface area is 147 Å². The molecule has 6 nitrogen and oxygen atoms in total. The Morgan fingerprint density at radius 2 is 1.92 bits per heavy atom. The number of benzene rings is 1. The molecule has 2 aliphatic rings. The van der Waals surface area contributed by atoms with E-state index in [2.05, 4.69) is 5.32 Å². The van der Waals surface area contributed by atoms with Gasteiger partial charge in [0.15, 0.2) is 0 Å². The highest BCUT2D eigenvalue weighted by atomic mass is 16.4. The third-order valence-corrected chi connectivity index (χ3v) is 5.21. The number of nitrogens with zero attached hydrogens (tertiary/aromatic N) is 1. The molecule has 6 heteroatoms. The summed E-state index contributed by atoms with van der Waals surface area (Å²) >= 11 is 0. The highest BCUT2D eigenvalue weighted by molar-refractivity contribution is 5.98. The lowest BCUT2D eigenvalue weighted by Gasteiger charge is -2.34. The van der Waals surface area contributed by atoms with Gasteiger partial charge in [-0.15, -0.1) is 0 Å². The van der Waals surface area contributed by atoms with Crippen molar-refractivity contribution in [3.8, 4) is 0 Å². The summed E-state index contributed by atoms with van der Waals surface area (Å²) in [4.78, 5) is 38.5. The molecule has 2 saturated heterocycles. The molecule has 0 unspecified atom stereocenters. The second-order valence-corrected chi connectivity index (χ2v) is 7.01. The highest BCUT2D eigenvalue weighted by Gasteiger charge is 2.43. The van der Waals surface area contributed by atoms with Crippen LogP contribution in [0.15, 0.2) is 24.3 Å². The van der Waals surface area contributed by atoms with Gasteiger partial charge < -0.3 is 15.3 Å². The normalized spacial score (nSPS) is 26.5. The van der Waals surface area contributed by atoms with E-state index in [9.17, 15) is 19.5 Å². The monoisotopic (exact) mass is 344 g/mol. The molecular weight excluding hydrogens is 320 g/mol. The number of hydrogen-bond acceptors (Lipinski definition) is 3. The van der Waals surface area contributed by atoms with Gasteiger partial charge in [-0.1, -0.05) is 30.5 Å². The Kier molecular flexibility index (Phi) is 5.06. The van der Waals surface area contributed by atoms with Crippen LogP contribution >= 0.6 is 0 Å². The van der Waals surface area contributed by atoms with Gasteiger partial charge in [-0.3, -0.25) is 9.59 Å². The van der Waals surface area contributed by atoms with E-state index < -0.39 is 18.1 Å². The molecule has 2 fully saturated rings. The molecule has 134 valence electrons. The average Bonchev–Trinajstić information content (AvgIpc) is 2.99. The fraction of sp³-hybridized carbons (Fsp3) is 0.526. The van der Waals surface area contributed by atoms with E-state index in [-0.39, 0.29) is 17.9 Å². The van der Waals surface area contributed by atoms with E-state index in [0.29, 0.717) is 18.4 Å². The fourth-order valence-electron chi connectivity index (χ4n) is 3.94. The topological polar surface area (TPSA) is 86.7 Å². The standard InChI is InChI=1S/C19H24N2O4/c1-12-5-4-6-13(11-12)17(22)20-15-8-3-2-7-14-9-10-16(19(24)25)21(14)18(15)23/h4-6,11,14-16H,2-3,7-10H2,1H3,(H,20,22)(H,24,25)/t14-,15-,16-/m0/s1. The molecule has 0 saturated carbocycles. The predicted molar refractivity (Wildman–Crippen MR) is 92.2 cm³/mol. The second kappa shape index (κ2) is 7.25. The minimum absolute atomic E-state index is 0.0210. The Balaban J connectivity index is 1.78. The molecule has 1 aromatic rings. The Morgan fingerprint density at radius 3 is 2.64 bits per heavy atom. The summed E-state index contributed by atoms with van der Waals surface area (Å²) in [5.41, 5.74) is 1.49. The summed E-state index contributed by atoms with van der Waals surface area (Å²) in [5.74, 6) is -1.50. The molecule has 0 spiro atoms. The van der Waals surface area contributed by atoms with Crippen LogP contribution in [-0.2, 0) is 9.59 Å². The van der Waals surface area contributed by atoms with Crippen LogP contribution in [0.1, 0.15) is 54.4 Å². The van der Waals surface area contributed by atoms with E-state index in [1.807, 2.05) is 13.0 Å². The summed E-state index contributed by atoms with van der Waals surface area (Å²) in [6, 6.07) is 5.76. The minimum Gasteiger partial charge on any atom is -0.480 e. The molecular formula is C19H24N2O4. The van der Waals surface area contributed by atoms with E-state index >= 15 is 0 Å². The van der Waals surface area contributed by atoms with Crippen molar-refractivity contribution in [1.82, 2.24) is 10.2 Å². The number of nitrogens with one attached hydrogen (secondary N) is 1. The van der Waals surface area contributed by atoms with Crippen molar-refractivity contribution in [1.29, 1.82) is 0 Å². The molecule has 1 aromatic carbocycles. The minimum atomic E-state index is -0.958. The van der Waals surface area contributed by atoms with Crippen LogP contribution < -0.4 is 5.32 Å². The van der Waals surface area contributed by atoms with Crippen LogP contribution in [0.3, 0.4) is 0 Å². The van der Waals surface area contributed by atoms with Crippen molar-refractivity contribution in [2.45, 2.75) is 63.6 Å². The molecule has 2 aliphatic heterocycles. The summed E-state index contributed by atoms with van der Waals surface area (Å²) in [6.45, 7) is 1.91. The lowest BCUT2D eigenvalue weighted by molar-refractivity contribution is -0.151. The van der Waals surface area contributed by atoms with Gasteiger partial charge in [-0.25, -0.2) is 4.79 Å². The number of aryl methyl sites for hydroxylation is 1. The van der Waals surface area contributed by atoms with E-state index in [1.54, 1.807) is 18.2 Å². The second-order valence-electron chi connectivity index (χ2n) is 7.01. The third-order valence-electron chi connectivity index (χ3n) is 5.21. The first-order valence-electron chi connectivity index (χ1n) is 8.90. The molecule has 2 heterocycles. The Hall–Kier alpha value is -2.37. The molecule has 25 heavy (non-hydrogen) atoms. The molecule has 3 rings (SSSR count). The Morgan fingerprint density at radius 1 is 1.16 bits per heavy atom. The van der Waals surface area contributed by atoms with Gasteiger partial charge in [-0.2, -0.15) is 0 Å². The maximum absolute atomic E-state index is 13.0. The zero-order valence-corrected chi connectivity index (χ0v) is 14.4. The summed E-state index contributed by atoms with van der Waals surface area (Å²) in [6.07, 6.45) is 4.40. The van der Waals surface area contributed by atoms with Crippen LogP contribution in [-0.4, -0.2) is 45.9 Å². The van der Waals surface area contributed by atoms with Gasteiger partial charge in [0.25, 0.3) is 5.91 Å². The number of carboxylic acid groups (broad SMARTS) is 1. The number of carboxylic acids is 1. The van der Waals surface area contributed by atoms with Crippen LogP contribution in [0.2, 0.25) is 0 Å². The number of carbonyl (C=O) groups excluding carboxylic acids is 2. The molecule has 2 amide bonds. The van der Waals surface area contributed by atoms with E-state index in [0.717, 1.165) is 31.2 Å². The molecule has 0 aliphatic carbocycles. The van der Waals surface area contributed by atoms with Crippen molar-refractivity contribution in [3.05, 3.63) is 35.4 Å². The zero-order chi connectivity index (χ0) is 18.0. The van der Waals surface area contributed by atoms with Gasteiger partial charge in [-0.05, 0) is 44.7 Å². The van der Waals surface area contributed by atoms with Gasteiger partial charge >= 0.3 is 5.97 Å². The van der Waals surface area contributed by atoms with Crippen molar-refractivity contribution < 1.29 is 19.5 Å². The van der Waals surface area contributed by atoms with Gasteiger partial charge in [0.05, 0.1) is 0 Å². The largest absolute Gasteiger partial charge is 0.480 e. The van der Waals surface area contributed by atoms with Crippen molar-refractivity contribution in [3.63, 3.8) is 0 Å². The van der Waals surface area contributed by atoms with Crippen molar-refractivity contribution in [2.24, 2.45) is 0 Å². The van der Waals surface area contributed by atoms with Crippen molar-refractivity contribution >= 4 is 17.8 Å². The number of carbonyl (C=O) groups is 3. The molecule has 2 N–H and O–H groups in total. The lowest BCUT2D eigenvalue weighted by Crippen LogP contribution is -2.54. The van der Waals surface area contributed by atoms with Gasteiger partial charge in [0.2, 0.25) is 5.91 Å². The first kappa shape index (κ1) is 17.5. The molecule has 0 radical (unpaired) electrons. The smallest absolute Gasteiger partial charge is 0.326 e. The van der Waals surface area contributed by atoms with E-state index in [1.165, 1.54) is 4.90 Å². The van der Waals surface area contributed by atoms with Crippen LogP contribution in [0.5, 0.6) is 0 Å². The van der Waals surface area contributed by atoms with Gasteiger partial charge in [0, 0.05) is 11.6 Å². The van der Waals surface area contributed by atoms with Gasteiger partial charge in [0.1, 0.15) is 12.1 Å². The number of aliphatic carboxylic acids is 1. The zero-order valence-electron chi connectivity index (χ0n) is 14.4. The highest BCUT2D eigenvalue weighted by Crippen LogP contribution is 2.31. The van der Waals surface area contributed by atoms with E-state index in [4.69, 9.17) is 0 Å². The lowest BCUT2D eigenvalue weighted by atomic mass is 9.98. The average molecular weight is 344 g/mol. The molecule has 3 atom stereocenters. The Bertz CT molecular complexity index is 688. The number of hydrogen-bond donors (Lipinski definition) is 2. The summed E-state index contributed by atoms with van der Waals surface area (Å²) in [7, 11) is 0. The number of amides is 2. The first-order valence-corrected chi connectivity index (χ1v) is 8.90. The fourth-order valence-corrected chi connectivity index (χ4v) is 3.94. The third kappa shape index (κ3) is 3.67. The van der Waals surface area contributed by atoms with Crippen LogP contribution in [0.4, 0.5) is 0 Å².